The summed E-state index contributed by atoms with van der Waals surface area (Å²) in [5.41, 5.74) is 1.92. The van der Waals surface area contributed by atoms with Crippen molar-refractivity contribution in [1.82, 2.24) is 25.5 Å². The SMILES string of the molecule is Cc1nnnn1-c1cccc(NC(=O)NCCc2ccccc2F)c1. The molecule has 0 aliphatic heterocycles. The molecule has 0 saturated carbocycles. The summed E-state index contributed by atoms with van der Waals surface area (Å²) in [6.07, 6.45) is 0.421. The van der Waals surface area contributed by atoms with Gasteiger partial charge in [-0.3, -0.25) is 0 Å². The van der Waals surface area contributed by atoms with Crippen molar-refractivity contribution >= 4 is 11.7 Å². The van der Waals surface area contributed by atoms with Gasteiger partial charge in [0.1, 0.15) is 5.82 Å². The van der Waals surface area contributed by atoms with Gasteiger partial charge in [-0.25, -0.2) is 9.18 Å². The Balaban J connectivity index is 1.56. The molecule has 25 heavy (non-hydrogen) atoms. The summed E-state index contributed by atoms with van der Waals surface area (Å²) in [6, 6.07) is 13.3. The molecule has 0 saturated heterocycles. The smallest absolute Gasteiger partial charge is 0.319 e. The Hall–Kier alpha value is -3.29. The third kappa shape index (κ3) is 4.17. The molecule has 0 atom stereocenters. The molecule has 0 bridgehead atoms. The van der Waals surface area contributed by atoms with Crippen LogP contribution in [0.15, 0.2) is 48.5 Å². The number of tetrazole rings is 1. The van der Waals surface area contributed by atoms with E-state index in [1.54, 1.807) is 48.0 Å². The van der Waals surface area contributed by atoms with Gasteiger partial charge in [0.05, 0.1) is 5.69 Å². The van der Waals surface area contributed by atoms with Gasteiger partial charge in [0.2, 0.25) is 0 Å². The Morgan fingerprint density at radius 3 is 2.80 bits per heavy atom. The van der Waals surface area contributed by atoms with E-state index < -0.39 is 0 Å². The second-order valence-corrected chi connectivity index (χ2v) is 5.41. The second kappa shape index (κ2) is 7.52. The maximum atomic E-state index is 13.5. The van der Waals surface area contributed by atoms with Crippen molar-refractivity contribution in [3.8, 4) is 5.69 Å². The predicted molar refractivity (Wildman–Crippen MR) is 91.0 cm³/mol. The first-order valence-corrected chi connectivity index (χ1v) is 7.77. The summed E-state index contributed by atoms with van der Waals surface area (Å²) < 4.78 is 15.1. The number of amides is 2. The number of aromatic nitrogens is 4. The molecule has 0 aliphatic carbocycles. The fraction of sp³-hybridized carbons (Fsp3) is 0.176. The van der Waals surface area contributed by atoms with Crippen molar-refractivity contribution in [2.75, 3.05) is 11.9 Å². The van der Waals surface area contributed by atoms with Gasteiger partial charge in [-0.1, -0.05) is 24.3 Å². The lowest BCUT2D eigenvalue weighted by atomic mass is 10.1. The van der Waals surface area contributed by atoms with Crippen molar-refractivity contribution in [3.63, 3.8) is 0 Å². The Bertz CT molecular complexity index is 879. The predicted octanol–water partition coefficient (Wildman–Crippen LogP) is 2.47. The molecule has 3 rings (SSSR count). The molecule has 2 aromatic carbocycles. The Morgan fingerprint density at radius 2 is 2.04 bits per heavy atom. The van der Waals surface area contributed by atoms with Gasteiger partial charge in [-0.15, -0.1) is 5.10 Å². The van der Waals surface area contributed by atoms with E-state index in [9.17, 15) is 9.18 Å². The standard InChI is InChI=1S/C17H17FN6O/c1-12-21-22-23-24(12)15-7-4-6-14(11-15)20-17(25)19-10-9-13-5-2-3-8-16(13)18/h2-8,11H,9-10H2,1H3,(H2,19,20,25). The number of rotatable bonds is 5. The van der Waals surface area contributed by atoms with Crippen LogP contribution in [0.3, 0.4) is 0 Å². The third-order valence-corrected chi connectivity index (χ3v) is 3.61. The van der Waals surface area contributed by atoms with Crippen LogP contribution in [0.25, 0.3) is 5.69 Å². The molecule has 0 fully saturated rings. The highest BCUT2D eigenvalue weighted by molar-refractivity contribution is 5.89. The van der Waals surface area contributed by atoms with Crippen LogP contribution in [-0.4, -0.2) is 32.8 Å². The van der Waals surface area contributed by atoms with E-state index in [0.717, 1.165) is 5.69 Å². The number of carbonyl (C=O) groups excluding carboxylic acids is 1. The maximum absolute atomic E-state index is 13.5. The number of benzene rings is 2. The van der Waals surface area contributed by atoms with Crippen LogP contribution in [0.5, 0.6) is 0 Å². The van der Waals surface area contributed by atoms with Crippen molar-refractivity contribution in [1.29, 1.82) is 0 Å². The lowest BCUT2D eigenvalue weighted by Crippen LogP contribution is -2.30. The zero-order valence-electron chi connectivity index (χ0n) is 13.6. The van der Waals surface area contributed by atoms with Crippen LogP contribution >= 0.6 is 0 Å². The van der Waals surface area contributed by atoms with Crippen molar-refractivity contribution in [3.05, 3.63) is 65.7 Å². The molecule has 2 N–H and O–H groups in total. The average molecular weight is 340 g/mol. The van der Waals surface area contributed by atoms with Crippen LogP contribution in [0.1, 0.15) is 11.4 Å². The topological polar surface area (TPSA) is 84.7 Å². The van der Waals surface area contributed by atoms with Crippen LogP contribution in [0.4, 0.5) is 14.9 Å². The Kier molecular flexibility index (Phi) is 4.98. The molecule has 0 spiro atoms. The van der Waals surface area contributed by atoms with Gasteiger partial charge in [0, 0.05) is 12.2 Å². The first-order valence-electron chi connectivity index (χ1n) is 7.77. The van der Waals surface area contributed by atoms with Gasteiger partial charge in [0.25, 0.3) is 0 Å². The van der Waals surface area contributed by atoms with Crippen LogP contribution in [0.2, 0.25) is 0 Å². The van der Waals surface area contributed by atoms with E-state index in [4.69, 9.17) is 0 Å². The molecule has 0 unspecified atom stereocenters. The molecule has 7 nitrogen and oxygen atoms in total. The number of nitrogens with zero attached hydrogens (tertiary/aromatic N) is 4. The number of urea groups is 1. The number of carbonyl (C=O) groups is 1. The monoisotopic (exact) mass is 340 g/mol. The molecular formula is C17H17FN6O. The summed E-state index contributed by atoms with van der Waals surface area (Å²) in [5, 5.41) is 16.8. The highest BCUT2D eigenvalue weighted by Gasteiger charge is 2.07. The number of aryl methyl sites for hydroxylation is 1. The highest BCUT2D eigenvalue weighted by Crippen LogP contribution is 2.14. The molecule has 8 heteroatoms. The van der Waals surface area contributed by atoms with Gasteiger partial charge in [-0.05, 0) is 53.6 Å². The third-order valence-electron chi connectivity index (χ3n) is 3.61. The number of nitrogens with one attached hydrogen (secondary N) is 2. The van der Waals surface area contributed by atoms with Crippen molar-refractivity contribution in [2.24, 2.45) is 0 Å². The molecule has 2 amide bonds. The molecular weight excluding hydrogens is 323 g/mol. The fourth-order valence-corrected chi connectivity index (χ4v) is 2.37. The molecule has 1 heterocycles. The van der Waals surface area contributed by atoms with E-state index in [1.807, 2.05) is 6.07 Å². The van der Waals surface area contributed by atoms with E-state index in [-0.39, 0.29) is 11.8 Å². The van der Waals surface area contributed by atoms with E-state index in [0.29, 0.717) is 30.0 Å². The largest absolute Gasteiger partial charge is 0.338 e. The summed E-state index contributed by atoms with van der Waals surface area (Å²) in [7, 11) is 0. The van der Waals surface area contributed by atoms with Crippen LogP contribution in [0, 0.1) is 12.7 Å². The average Bonchev–Trinajstić information content (AvgIpc) is 3.03. The summed E-state index contributed by atoms with van der Waals surface area (Å²) >= 11 is 0. The number of halogens is 1. The van der Waals surface area contributed by atoms with E-state index >= 15 is 0 Å². The molecule has 128 valence electrons. The van der Waals surface area contributed by atoms with E-state index in [1.165, 1.54) is 6.07 Å². The Labute approximate surface area is 143 Å². The normalized spacial score (nSPS) is 10.5. The van der Waals surface area contributed by atoms with Crippen molar-refractivity contribution < 1.29 is 9.18 Å². The molecule has 0 aliphatic rings. The number of anilines is 1. The first kappa shape index (κ1) is 16.6. The van der Waals surface area contributed by atoms with Gasteiger partial charge < -0.3 is 10.6 Å². The maximum Gasteiger partial charge on any atom is 0.319 e. The minimum Gasteiger partial charge on any atom is -0.338 e. The summed E-state index contributed by atoms with van der Waals surface area (Å²) in [4.78, 5) is 12.0. The minimum absolute atomic E-state index is 0.269. The first-order chi connectivity index (χ1) is 12.1. The quantitative estimate of drug-likeness (QED) is 0.747. The van der Waals surface area contributed by atoms with Crippen LogP contribution < -0.4 is 10.6 Å². The Morgan fingerprint density at radius 1 is 1.20 bits per heavy atom. The number of hydrogen-bond acceptors (Lipinski definition) is 4. The molecule has 3 aromatic rings. The second-order valence-electron chi connectivity index (χ2n) is 5.41. The summed E-state index contributed by atoms with van der Waals surface area (Å²) in [6.45, 7) is 2.12. The van der Waals surface area contributed by atoms with E-state index in [2.05, 4.69) is 26.2 Å². The molecule has 0 radical (unpaired) electrons. The minimum atomic E-state index is -0.359. The molecule has 1 aromatic heterocycles. The fourth-order valence-electron chi connectivity index (χ4n) is 2.37. The van der Waals surface area contributed by atoms with Gasteiger partial charge >= 0.3 is 6.03 Å². The summed E-state index contributed by atoms with van der Waals surface area (Å²) in [5.74, 6) is 0.376. The zero-order valence-corrected chi connectivity index (χ0v) is 13.6. The van der Waals surface area contributed by atoms with Gasteiger partial charge in [-0.2, -0.15) is 4.68 Å². The van der Waals surface area contributed by atoms with Gasteiger partial charge in [0.15, 0.2) is 5.82 Å². The lowest BCUT2D eigenvalue weighted by molar-refractivity contribution is 0.252. The lowest BCUT2D eigenvalue weighted by Gasteiger charge is -2.09. The van der Waals surface area contributed by atoms with Crippen LogP contribution in [-0.2, 0) is 6.42 Å². The highest BCUT2D eigenvalue weighted by atomic mass is 19.1. The van der Waals surface area contributed by atoms with Crippen molar-refractivity contribution in [2.45, 2.75) is 13.3 Å². The zero-order chi connectivity index (χ0) is 17.6. The number of hydrogen-bond donors (Lipinski definition) is 2.